The molecule has 0 saturated carbocycles. The molecule has 4 aromatic carbocycles. The third kappa shape index (κ3) is 6.36. The lowest BCUT2D eigenvalue weighted by Gasteiger charge is -2.14. The Labute approximate surface area is 244 Å². The molecule has 0 aliphatic rings. The minimum Gasteiger partial charge on any atom is -0.248 e. The molecule has 0 N–H and O–H groups in total. The molecule has 0 spiro atoms. The summed E-state index contributed by atoms with van der Waals surface area (Å²) in [4.78, 5) is 5.03. The summed E-state index contributed by atoms with van der Waals surface area (Å²) in [6, 6.07) is 47.4. The van der Waals surface area contributed by atoms with Crippen LogP contribution in [-0.2, 0) is 0 Å². The van der Waals surface area contributed by atoms with E-state index in [9.17, 15) is 0 Å². The number of hydrogen-bond acceptors (Lipinski definition) is 1. The fourth-order valence-corrected chi connectivity index (χ4v) is 5.59. The number of pyridine rings is 1. The van der Waals surface area contributed by atoms with Crippen molar-refractivity contribution < 1.29 is 0 Å². The zero-order valence-corrected chi connectivity index (χ0v) is 24.6. The first-order chi connectivity index (χ1) is 19.9. The van der Waals surface area contributed by atoms with Crippen LogP contribution >= 0.6 is 0 Å². The number of aromatic nitrogens is 1. The second-order valence-electron chi connectivity index (χ2n) is 10.7. The Hall–Kier alpha value is -4.75. The van der Waals surface area contributed by atoms with Crippen molar-refractivity contribution in [1.82, 2.24) is 4.98 Å². The quantitative estimate of drug-likeness (QED) is 0.226. The van der Waals surface area contributed by atoms with Crippen LogP contribution in [-0.4, -0.2) is 4.98 Å². The topological polar surface area (TPSA) is 12.9 Å². The second kappa shape index (κ2) is 12.6. The van der Waals surface area contributed by atoms with Crippen LogP contribution in [0.15, 0.2) is 133 Å². The van der Waals surface area contributed by atoms with Crippen LogP contribution in [0.4, 0.5) is 0 Å². The van der Waals surface area contributed by atoms with Gasteiger partial charge in [0.25, 0.3) is 0 Å². The molecule has 0 saturated heterocycles. The summed E-state index contributed by atoms with van der Waals surface area (Å²) in [5.74, 6) is 0. The van der Waals surface area contributed by atoms with Crippen molar-refractivity contribution in [3.8, 4) is 33.5 Å². The Morgan fingerprint density at radius 1 is 0.415 bits per heavy atom. The van der Waals surface area contributed by atoms with E-state index in [1.165, 1.54) is 50.1 Å². The number of hydrogen-bond donors (Lipinski definition) is 0. The molecule has 0 bridgehead atoms. The summed E-state index contributed by atoms with van der Waals surface area (Å²) in [7, 11) is 0. The molecule has 1 aromatic heterocycles. The number of fused-ring (bicyclic) bond motifs is 1. The standard InChI is InChI=1S/C40H37N/c1-28-23-24-31(4)40(38-26-25-34-19-11-14-22-37(34)41-38)30(3)16-10-9-15-29(2)39(32(5)27-28)36-21-13-12-20-35(36)33-17-7-6-8-18-33/h6-27H,1-5H3. The van der Waals surface area contributed by atoms with Gasteiger partial charge in [0.1, 0.15) is 0 Å². The van der Waals surface area contributed by atoms with Gasteiger partial charge >= 0.3 is 0 Å². The van der Waals surface area contributed by atoms with Crippen molar-refractivity contribution in [2.75, 3.05) is 0 Å². The van der Waals surface area contributed by atoms with Crippen LogP contribution in [0.5, 0.6) is 0 Å². The van der Waals surface area contributed by atoms with Crippen LogP contribution in [0.3, 0.4) is 0 Å². The maximum atomic E-state index is 5.03. The molecule has 1 nitrogen and oxygen atoms in total. The van der Waals surface area contributed by atoms with Gasteiger partial charge in [-0.15, -0.1) is 0 Å². The Balaban J connectivity index is 1.74. The third-order valence-corrected chi connectivity index (χ3v) is 7.56. The molecule has 0 fully saturated rings. The van der Waals surface area contributed by atoms with Gasteiger partial charge in [0.2, 0.25) is 0 Å². The largest absolute Gasteiger partial charge is 0.248 e. The van der Waals surface area contributed by atoms with Gasteiger partial charge < -0.3 is 0 Å². The van der Waals surface area contributed by atoms with Crippen molar-refractivity contribution in [3.05, 3.63) is 161 Å². The normalized spacial score (nSPS) is 10.6. The summed E-state index contributed by atoms with van der Waals surface area (Å²) in [5, 5.41) is 1.15. The monoisotopic (exact) mass is 531 g/mol. The van der Waals surface area contributed by atoms with Gasteiger partial charge in [-0.1, -0.05) is 127 Å². The Bertz CT molecular complexity index is 1830. The van der Waals surface area contributed by atoms with Crippen molar-refractivity contribution in [2.45, 2.75) is 34.6 Å². The molecule has 0 aliphatic carbocycles. The van der Waals surface area contributed by atoms with E-state index in [-0.39, 0.29) is 0 Å². The minimum atomic E-state index is 0.990. The highest BCUT2D eigenvalue weighted by Gasteiger charge is 2.10. The molecule has 0 radical (unpaired) electrons. The lowest BCUT2D eigenvalue weighted by Crippen LogP contribution is -1.90. The molecule has 5 rings (SSSR count). The summed E-state index contributed by atoms with van der Waals surface area (Å²) >= 11 is 0. The first-order valence-electron chi connectivity index (χ1n) is 14.2. The van der Waals surface area contributed by atoms with Crippen LogP contribution in [0.1, 0.15) is 27.8 Å². The molecule has 0 unspecified atom stereocenters. The van der Waals surface area contributed by atoms with Gasteiger partial charge in [-0.2, -0.15) is 0 Å². The first kappa shape index (κ1) is 27.8. The van der Waals surface area contributed by atoms with Crippen molar-refractivity contribution in [2.24, 2.45) is 0 Å². The average molecular weight is 532 g/mol. The van der Waals surface area contributed by atoms with Crippen LogP contribution in [0.25, 0.3) is 44.4 Å². The van der Waals surface area contributed by atoms with Crippen LogP contribution in [0.2, 0.25) is 0 Å². The van der Waals surface area contributed by atoms with E-state index in [2.05, 4.69) is 162 Å². The zero-order chi connectivity index (χ0) is 28.8. The van der Waals surface area contributed by atoms with E-state index in [1.54, 1.807) is 0 Å². The molecular formula is C40H37N. The van der Waals surface area contributed by atoms with Crippen molar-refractivity contribution in [3.63, 3.8) is 0 Å². The molecule has 1 heteroatoms. The average Bonchev–Trinajstić information content (AvgIpc) is 2.99. The molecule has 0 atom stereocenters. The van der Waals surface area contributed by atoms with Gasteiger partial charge in [-0.05, 0) is 91.3 Å². The van der Waals surface area contributed by atoms with Gasteiger partial charge in [-0.3, -0.25) is 0 Å². The van der Waals surface area contributed by atoms with E-state index < -0.39 is 0 Å². The number of para-hydroxylation sites is 1. The zero-order valence-electron chi connectivity index (χ0n) is 24.6. The summed E-state index contributed by atoms with van der Waals surface area (Å²) in [6.07, 6.45) is 0. The molecule has 5 aromatic rings. The second-order valence-corrected chi connectivity index (χ2v) is 10.7. The fourth-order valence-electron chi connectivity index (χ4n) is 5.59. The first-order valence-corrected chi connectivity index (χ1v) is 14.2. The van der Waals surface area contributed by atoms with Gasteiger partial charge in [0.15, 0.2) is 0 Å². The highest BCUT2D eigenvalue weighted by atomic mass is 14.7. The smallest absolute Gasteiger partial charge is 0.0715 e. The lowest BCUT2D eigenvalue weighted by molar-refractivity contribution is 1.33. The molecule has 1 heterocycles. The SMILES string of the molecule is Cc1ccc(C)c(-c2ccc3ccccc3n2)c(C)ccccc(C)c(-c2ccccc2-c2ccccc2)c(C)c1. The molecule has 202 valence electrons. The number of benzene rings is 3. The molecular weight excluding hydrogens is 494 g/mol. The minimum absolute atomic E-state index is 0.990. The van der Waals surface area contributed by atoms with Gasteiger partial charge in [0, 0.05) is 10.9 Å². The van der Waals surface area contributed by atoms with E-state index in [0.29, 0.717) is 0 Å². The number of nitrogens with zero attached hydrogens (tertiary/aromatic N) is 1. The lowest BCUT2D eigenvalue weighted by atomic mass is 9.90. The van der Waals surface area contributed by atoms with Gasteiger partial charge in [-0.25, -0.2) is 4.98 Å². The highest BCUT2D eigenvalue weighted by Crippen LogP contribution is 2.35. The molecule has 41 heavy (non-hydrogen) atoms. The van der Waals surface area contributed by atoms with Crippen molar-refractivity contribution in [1.29, 1.82) is 0 Å². The Morgan fingerprint density at radius 2 is 1.00 bits per heavy atom. The summed E-state index contributed by atoms with van der Waals surface area (Å²) < 4.78 is 0. The maximum Gasteiger partial charge on any atom is 0.0715 e. The fraction of sp³-hybridized carbons (Fsp3) is 0.125. The summed E-state index contributed by atoms with van der Waals surface area (Å²) in [5.41, 5.74) is 14.1. The van der Waals surface area contributed by atoms with E-state index in [0.717, 1.165) is 22.2 Å². The van der Waals surface area contributed by atoms with Gasteiger partial charge in [0.05, 0.1) is 11.2 Å². The van der Waals surface area contributed by atoms with E-state index in [1.807, 2.05) is 6.07 Å². The Kier molecular flexibility index (Phi) is 8.56. The predicted molar refractivity (Wildman–Crippen MR) is 177 cm³/mol. The van der Waals surface area contributed by atoms with Crippen molar-refractivity contribution >= 4 is 10.9 Å². The van der Waals surface area contributed by atoms with E-state index >= 15 is 0 Å². The number of aryl methyl sites for hydroxylation is 5. The molecule has 0 amide bonds. The maximum absolute atomic E-state index is 5.03. The highest BCUT2D eigenvalue weighted by molar-refractivity contribution is 5.86. The number of rotatable bonds is 3. The molecule has 0 aliphatic heterocycles. The summed E-state index contributed by atoms with van der Waals surface area (Å²) in [6.45, 7) is 11.0. The Morgan fingerprint density at radius 3 is 1.76 bits per heavy atom. The third-order valence-electron chi connectivity index (χ3n) is 7.56. The predicted octanol–water partition coefficient (Wildman–Crippen LogP) is 11.0. The van der Waals surface area contributed by atoms with Crippen LogP contribution < -0.4 is 0 Å². The van der Waals surface area contributed by atoms with E-state index in [4.69, 9.17) is 4.98 Å². The van der Waals surface area contributed by atoms with Crippen LogP contribution in [0, 0.1) is 34.6 Å².